The summed E-state index contributed by atoms with van der Waals surface area (Å²) in [6.45, 7) is 14.5. The van der Waals surface area contributed by atoms with E-state index >= 15 is 0 Å². The van der Waals surface area contributed by atoms with Crippen LogP contribution in [0.4, 0.5) is 0 Å². The lowest BCUT2D eigenvalue weighted by atomic mass is 10.1. The largest absolute Gasteiger partial charge is 0.355 e. The van der Waals surface area contributed by atoms with Gasteiger partial charge in [0, 0.05) is 43.5 Å². The van der Waals surface area contributed by atoms with Crippen LogP contribution in [0.2, 0.25) is 0 Å². The second-order valence-electron chi connectivity index (χ2n) is 6.67. The van der Waals surface area contributed by atoms with Gasteiger partial charge in [0.15, 0.2) is 5.96 Å². The molecule has 2 N–H and O–H groups in total. The van der Waals surface area contributed by atoms with E-state index in [0.29, 0.717) is 18.0 Å². The third-order valence-corrected chi connectivity index (χ3v) is 5.40. The Morgan fingerprint density at radius 3 is 2.43 bits per heavy atom. The fourth-order valence-corrected chi connectivity index (χ4v) is 2.57. The van der Waals surface area contributed by atoms with E-state index in [-0.39, 0.29) is 28.7 Å². The van der Waals surface area contributed by atoms with Gasteiger partial charge in [0.1, 0.15) is 0 Å². The summed E-state index contributed by atoms with van der Waals surface area (Å²) >= 11 is 1.87. The van der Waals surface area contributed by atoms with Crippen LogP contribution in [-0.2, 0) is 0 Å². The molecule has 1 fully saturated rings. The van der Waals surface area contributed by atoms with Crippen molar-refractivity contribution in [2.45, 2.75) is 51.4 Å². The van der Waals surface area contributed by atoms with Crippen LogP contribution in [0, 0.1) is 5.92 Å². The first-order chi connectivity index (χ1) is 9.29. The van der Waals surface area contributed by atoms with Crippen molar-refractivity contribution < 1.29 is 0 Å². The molecule has 1 aliphatic rings. The molecule has 0 bridgehead atoms. The summed E-state index contributed by atoms with van der Waals surface area (Å²) < 4.78 is 0.225. The van der Waals surface area contributed by atoms with Gasteiger partial charge in [-0.1, -0.05) is 6.92 Å². The number of nitrogens with one attached hydrogen (secondary N) is 2. The normalized spacial score (nSPS) is 24.1. The molecular formula is C15H33IN4S. The maximum Gasteiger partial charge on any atom is 0.191 e. The average molecular weight is 428 g/mol. The van der Waals surface area contributed by atoms with Crippen molar-refractivity contribution >= 4 is 41.7 Å². The molecule has 126 valence electrons. The summed E-state index contributed by atoms with van der Waals surface area (Å²) in [6.07, 6.45) is 2.15. The van der Waals surface area contributed by atoms with E-state index in [1.54, 1.807) is 0 Å². The molecule has 6 heteroatoms. The van der Waals surface area contributed by atoms with Crippen LogP contribution in [0.1, 0.15) is 34.6 Å². The summed E-state index contributed by atoms with van der Waals surface area (Å²) in [7, 11) is 1.85. The molecule has 21 heavy (non-hydrogen) atoms. The molecular weight excluding hydrogens is 395 g/mol. The number of rotatable bonds is 5. The summed E-state index contributed by atoms with van der Waals surface area (Å²) in [5, 5.41) is 7.04. The minimum atomic E-state index is 0. The van der Waals surface area contributed by atoms with E-state index in [4.69, 9.17) is 0 Å². The van der Waals surface area contributed by atoms with Crippen molar-refractivity contribution in [3.63, 3.8) is 0 Å². The number of nitrogens with zero attached hydrogens (tertiary/aromatic N) is 2. The third kappa shape index (κ3) is 6.95. The molecule has 4 nitrogen and oxygen atoms in total. The van der Waals surface area contributed by atoms with E-state index in [1.165, 1.54) is 6.54 Å². The van der Waals surface area contributed by atoms with Crippen LogP contribution >= 0.6 is 35.7 Å². The number of halogens is 1. The molecule has 0 spiro atoms. The van der Waals surface area contributed by atoms with E-state index in [9.17, 15) is 0 Å². The van der Waals surface area contributed by atoms with E-state index in [2.05, 4.69) is 61.4 Å². The number of hydrogen-bond acceptors (Lipinski definition) is 3. The highest BCUT2D eigenvalue weighted by Crippen LogP contribution is 2.20. The highest BCUT2D eigenvalue weighted by Gasteiger charge is 2.31. The van der Waals surface area contributed by atoms with Crippen molar-refractivity contribution in [1.29, 1.82) is 0 Å². The van der Waals surface area contributed by atoms with Crippen molar-refractivity contribution in [1.82, 2.24) is 15.5 Å². The van der Waals surface area contributed by atoms with Crippen molar-refractivity contribution in [2.24, 2.45) is 10.9 Å². The van der Waals surface area contributed by atoms with E-state index < -0.39 is 0 Å². The van der Waals surface area contributed by atoms with Crippen LogP contribution in [-0.4, -0.2) is 60.6 Å². The van der Waals surface area contributed by atoms with Gasteiger partial charge >= 0.3 is 0 Å². The lowest BCUT2D eigenvalue weighted by Crippen LogP contribution is -2.49. The summed E-state index contributed by atoms with van der Waals surface area (Å²) in [5.41, 5.74) is 0. The number of aliphatic imine (C=N–C) groups is 1. The van der Waals surface area contributed by atoms with E-state index in [1.807, 2.05) is 18.8 Å². The predicted octanol–water partition coefficient (Wildman–Crippen LogP) is 2.64. The summed E-state index contributed by atoms with van der Waals surface area (Å²) in [6, 6.07) is 1.11. The highest BCUT2D eigenvalue weighted by molar-refractivity contribution is 14.0. The Morgan fingerprint density at radius 2 is 2.00 bits per heavy atom. The maximum atomic E-state index is 4.36. The highest BCUT2D eigenvalue weighted by atomic mass is 127. The standard InChI is InChI=1S/C15H32N4S.HI/c1-11(2)19-8-12(3)13(9-19)18-14(16-6)17-10-15(4,5)20-7;/h11-13H,8-10H2,1-7H3,(H2,16,17,18);1H. The molecule has 1 heterocycles. The Bertz CT molecular complexity index is 334. The Kier molecular flexibility index (Phi) is 9.59. The van der Waals surface area contributed by atoms with Crippen molar-refractivity contribution in [3.05, 3.63) is 0 Å². The molecule has 1 aliphatic heterocycles. The summed E-state index contributed by atoms with van der Waals surface area (Å²) in [5.74, 6) is 1.58. The number of guanidine groups is 1. The van der Waals surface area contributed by atoms with Crippen LogP contribution in [0.5, 0.6) is 0 Å². The lowest BCUT2D eigenvalue weighted by molar-refractivity contribution is 0.265. The van der Waals surface area contributed by atoms with Gasteiger partial charge in [-0.3, -0.25) is 9.89 Å². The lowest BCUT2D eigenvalue weighted by Gasteiger charge is -2.26. The SMILES string of the molecule is CN=C(NCC(C)(C)SC)NC1CN(C(C)C)CC1C.I. The Labute approximate surface area is 152 Å². The van der Waals surface area contributed by atoms with Gasteiger partial charge in [0.25, 0.3) is 0 Å². The zero-order chi connectivity index (χ0) is 15.3. The van der Waals surface area contributed by atoms with Gasteiger partial charge in [0.05, 0.1) is 0 Å². The Morgan fingerprint density at radius 1 is 1.38 bits per heavy atom. The molecule has 0 aromatic heterocycles. The Hall–Kier alpha value is 0.310. The molecule has 1 rings (SSSR count). The van der Waals surface area contributed by atoms with Gasteiger partial charge in [0.2, 0.25) is 0 Å². The van der Waals surface area contributed by atoms with Crippen LogP contribution in [0.15, 0.2) is 4.99 Å². The molecule has 0 aliphatic carbocycles. The first kappa shape index (κ1) is 21.3. The number of likely N-dealkylation sites (tertiary alicyclic amines) is 1. The molecule has 0 aromatic rings. The molecule has 0 radical (unpaired) electrons. The molecule has 0 amide bonds. The monoisotopic (exact) mass is 428 g/mol. The van der Waals surface area contributed by atoms with Gasteiger partial charge in [-0.05, 0) is 39.9 Å². The zero-order valence-electron chi connectivity index (χ0n) is 14.6. The quantitative estimate of drug-likeness (QED) is 0.401. The molecule has 0 aromatic carbocycles. The minimum absolute atomic E-state index is 0. The van der Waals surface area contributed by atoms with E-state index in [0.717, 1.165) is 19.0 Å². The Balaban J connectivity index is 0.00000400. The van der Waals surface area contributed by atoms with Gasteiger partial charge < -0.3 is 10.6 Å². The fourth-order valence-electron chi connectivity index (χ4n) is 2.35. The second-order valence-corrected chi connectivity index (χ2v) is 8.18. The van der Waals surface area contributed by atoms with Gasteiger partial charge in [-0.25, -0.2) is 0 Å². The minimum Gasteiger partial charge on any atom is -0.355 e. The smallest absolute Gasteiger partial charge is 0.191 e. The zero-order valence-corrected chi connectivity index (χ0v) is 17.7. The van der Waals surface area contributed by atoms with Gasteiger partial charge in [-0.2, -0.15) is 11.8 Å². The number of thioether (sulfide) groups is 1. The molecule has 0 saturated carbocycles. The van der Waals surface area contributed by atoms with Crippen LogP contribution < -0.4 is 10.6 Å². The van der Waals surface area contributed by atoms with Crippen LogP contribution in [0.25, 0.3) is 0 Å². The fraction of sp³-hybridized carbons (Fsp3) is 0.933. The predicted molar refractivity (Wildman–Crippen MR) is 107 cm³/mol. The van der Waals surface area contributed by atoms with Crippen LogP contribution in [0.3, 0.4) is 0 Å². The topological polar surface area (TPSA) is 39.7 Å². The average Bonchev–Trinajstić information content (AvgIpc) is 2.76. The summed E-state index contributed by atoms with van der Waals surface area (Å²) in [4.78, 5) is 6.89. The van der Waals surface area contributed by atoms with Crippen molar-refractivity contribution in [2.75, 3.05) is 32.9 Å². The first-order valence-electron chi connectivity index (χ1n) is 7.55. The molecule has 2 atom stereocenters. The maximum absolute atomic E-state index is 4.36. The molecule has 1 saturated heterocycles. The van der Waals surface area contributed by atoms with Crippen molar-refractivity contribution in [3.8, 4) is 0 Å². The molecule has 2 unspecified atom stereocenters. The second kappa shape index (κ2) is 9.45. The first-order valence-corrected chi connectivity index (χ1v) is 8.78. The van der Waals surface area contributed by atoms with Gasteiger partial charge in [-0.15, -0.1) is 24.0 Å². The number of hydrogen-bond donors (Lipinski definition) is 2. The third-order valence-electron chi connectivity index (χ3n) is 4.15.